The zero-order valence-electron chi connectivity index (χ0n) is 10.7. The topological polar surface area (TPSA) is 32.3 Å². The van der Waals surface area contributed by atoms with Gasteiger partial charge in [0.1, 0.15) is 0 Å². The molecule has 1 rings (SSSR count). The van der Waals surface area contributed by atoms with Crippen LogP contribution in [-0.2, 0) is 6.54 Å². The van der Waals surface area contributed by atoms with E-state index in [1.807, 2.05) is 13.0 Å². The smallest absolute Gasteiger partial charge is 0.263 e. The van der Waals surface area contributed by atoms with Crippen molar-refractivity contribution >= 4 is 0 Å². The van der Waals surface area contributed by atoms with Gasteiger partial charge in [0.2, 0.25) is 0 Å². The fraction of sp³-hybridized carbons (Fsp3) is 0.571. The Morgan fingerprint density at radius 1 is 1.33 bits per heavy atom. The van der Waals surface area contributed by atoms with Crippen molar-refractivity contribution in [3.05, 3.63) is 35.4 Å². The number of halogens is 2. The van der Waals surface area contributed by atoms with Crippen molar-refractivity contribution in [2.75, 3.05) is 13.2 Å². The molecule has 2 N–H and O–H groups in total. The van der Waals surface area contributed by atoms with Crippen LogP contribution in [0.15, 0.2) is 24.3 Å². The standard InChI is InChI=1S/C14H21F2NO/c1-11(10-18)4-3-7-17-9-12-5-2-6-13(8-12)14(15)16/h2,5-6,8,11,14,17-18H,3-4,7,9-10H2,1H3. The highest BCUT2D eigenvalue weighted by Crippen LogP contribution is 2.19. The molecule has 0 amide bonds. The molecule has 0 aliphatic heterocycles. The molecule has 0 saturated heterocycles. The molecule has 102 valence electrons. The molecule has 0 aromatic heterocycles. The second-order valence-electron chi connectivity index (χ2n) is 4.65. The maximum Gasteiger partial charge on any atom is 0.263 e. The van der Waals surface area contributed by atoms with Crippen molar-refractivity contribution in [2.45, 2.75) is 32.7 Å². The number of nitrogens with one attached hydrogen (secondary N) is 1. The molecule has 0 aliphatic carbocycles. The number of aliphatic hydroxyl groups is 1. The summed E-state index contributed by atoms with van der Waals surface area (Å²) in [6, 6.07) is 6.48. The molecule has 0 radical (unpaired) electrons. The number of aliphatic hydroxyl groups excluding tert-OH is 1. The van der Waals surface area contributed by atoms with Crippen LogP contribution in [0.3, 0.4) is 0 Å². The van der Waals surface area contributed by atoms with Crippen LogP contribution >= 0.6 is 0 Å². The van der Waals surface area contributed by atoms with Crippen LogP contribution in [0.25, 0.3) is 0 Å². The van der Waals surface area contributed by atoms with Gasteiger partial charge in [-0.15, -0.1) is 0 Å². The van der Waals surface area contributed by atoms with E-state index in [4.69, 9.17) is 5.11 Å². The fourth-order valence-corrected chi connectivity index (χ4v) is 1.74. The minimum absolute atomic E-state index is 0.0724. The maximum atomic E-state index is 12.5. The third-order valence-corrected chi connectivity index (χ3v) is 2.89. The number of hydrogen-bond donors (Lipinski definition) is 2. The summed E-state index contributed by atoms with van der Waals surface area (Å²) in [5, 5.41) is 12.1. The van der Waals surface area contributed by atoms with Gasteiger partial charge in [-0.1, -0.05) is 25.1 Å². The largest absolute Gasteiger partial charge is 0.396 e. The molecule has 0 fully saturated rings. The summed E-state index contributed by atoms with van der Waals surface area (Å²) in [6.45, 7) is 3.67. The molecule has 1 unspecified atom stereocenters. The summed E-state index contributed by atoms with van der Waals surface area (Å²) < 4.78 is 24.9. The van der Waals surface area contributed by atoms with Gasteiger partial charge in [0.25, 0.3) is 6.43 Å². The number of hydrogen-bond acceptors (Lipinski definition) is 2. The molecule has 1 atom stereocenters. The Bertz CT molecular complexity index is 344. The van der Waals surface area contributed by atoms with Crippen molar-refractivity contribution < 1.29 is 13.9 Å². The van der Waals surface area contributed by atoms with Gasteiger partial charge >= 0.3 is 0 Å². The van der Waals surface area contributed by atoms with E-state index in [2.05, 4.69) is 5.32 Å². The summed E-state index contributed by atoms with van der Waals surface area (Å²) in [7, 11) is 0. The van der Waals surface area contributed by atoms with Gasteiger partial charge in [-0.2, -0.15) is 0 Å². The Kier molecular flexibility index (Phi) is 6.83. The first-order valence-electron chi connectivity index (χ1n) is 6.32. The van der Waals surface area contributed by atoms with Gasteiger partial charge in [0.15, 0.2) is 0 Å². The Labute approximate surface area is 107 Å². The van der Waals surface area contributed by atoms with Crippen molar-refractivity contribution in [3.63, 3.8) is 0 Å². The first-order chi connectivity index (χ1) is 8.63. The lowest BCUT2D eigenvalue weighted by Gasteiger charge is -2.09. The summed E-state index contributed by atoms with van der Waals surface area (Å²) in [5.41, 5.74) is 0.950. The molecule has 1 aromatic rings. The molecule has 18 heavy (non-hydrogen) atoms. The third-order valence-electron chi connectivity index (χ3n) is 2.89. The van der Waals surface area contributed by atoms with E-state index >= 15 is 0 Å². The van der Waals surface area contributed by atoms with Gasteiger partial charge in [0, 0.05) is 18.7 Å². The normalized spacial score (nSPS) is 12.9. The average Bonchev–Trinajstić information content (AvgIpc) is 2.38. The molecule has 0 aliphatic rings. The van der Waals surface area contributed by atoms with Gasteiger partial charge in [-0.3, -0.25) is 0 Å². The predicted molar refractivity (Wildman–Crippen MR) is 68.6 cm³/mol. The van der Waals surface area contributed by atoms with E-state index in [0.29, 0.717) is 12.5 Å². The number of rotatable bonds is 8. The molecule has 2 nitrogen and oxygen atoms in total. The summed E-state index contributed by atoms with van der Waals surface area (Å²) >= 11 is 0. The van der Waals surface area contributed by atoms with Gasteiger partial charge in [-0.25, -0.2) is 8.78 Å². The van der Waals surface area contributed by atoms with E-state index in [-0.39, 0.29) is 12.2 Å². The van der Waals surface area contributed by atoms with Gasteiger partial charge in [0.05, 0.1) is 0 Å². The predicted octanol–water partition coefficient (Wildman–Crippen LogP) is 3.12. The summed E-state index contributed by atoms with van der Waals surface area (Å²) in [5.74, 6) is 0.328. The van der Waals surface area contributed by atoms with Crippen LogP contribution < -0.4 is 5.32 Å². The number of benzene rings is 1. The SMILES string of the molecule is CC(CO)CCCNCc1cccc(C(F)F)c1. The van der Waals surface area contributed by atoms with E-state index in [9.17, 15) is 8.78 Å². The second-order valence-corrected chi connectivity index (χ2v) is 4.65. The molecule has 0 saturated carbocycles. The highest BCUT2D eigenvalue weighted by atomic mass is 19.3. The zero-order valence-corrected chi connectivity index (χ0v) is 10.7. The Hall–Kier alpha value is -1.00. The highest BCUT2D eigenvalue weighted by Gasteiger charge is 2.06. The molecule has 0 spiro atoms. The van der Waals surface area contributed by atoms with Crippen LogP contribution in [0.1, 0.15) is 37.3 Å². The van der Waals surface area contributed by atoms with Crippen LogP contribution in [0.2, 0.25) is 0 Å². The van der Waals surface area contributed by atoms with Crippen molar-refractivity contribution in [1.29, 1.82) is 0 Å². The van der Waals surface area contributed by atoms with Gasteiger partial charge in [-0.05, 0) is 36.9 Å². The van der Waals surface area contributed by atoms with E-state index in [0.717, 1.165) is 24.9 Å². The van der Waals surface area contributed by atoms with Crippen LogP contribution in [0.4, 0.5) is 8.78 Å². The zero-order chi connectivity index (χ0) is 13.4. The first-order valence-corrected chi connectivity index (χ1v) is 6.32. The van der Waals surface area contributed by atoms with E-state index < -0.39 is 6.43 Å². The van der Waals surface area contributed by atoms with Crippen molar-refractivity contribution in [2.24, 2.45) is 5.92 Å². The van der Waals surface area contributed by atoms with Crippen LogP contribution in [-0.4, -0.2) is 18.3 Å². The highest BCUT2D eigenvalue weighted by molar-refractivity contribution is 5.24. The molecular formula is C14H21F2NO. The summed E-state index contributed by atoms with van der Waals surface area (Å²) in [4.78, 5) is 0. The van der Waals surface area contributed by atoms with Crippen molar-refractivity contribution in [3.8, 4) is 0 Å². The fourth-order valence-electron chi connectivity index (χ4n) is 1.74. The Morgan fingerprint density at radius 2 is 2.11 bits per heavy atom. The van der Waals surface area contributed by atoms with E-state index in [1.54, 1.807) is 6.07 Å². The minimum atomic E-state index is -2.41. The molecular weight excluding hydrogens is 236 g/mol. The summed E-state index contributed by atoms with van der Waals surface area (Å²) in [6.07, 6.45) is -0.452. The van der Waals surface area contributed by atoms with E-state index in [1.165, 1.54) is 12.1 Å². The quantitative estimate of drug-likeness (QED) is 0.701. The Balaban J connectivity index is 2.25. The minimum Gasteiger partial charge on any atom is -0.396 e. The molecule has 0 heterocycles. The average molecular weight is 257 g/mol. The maximum absolute atomic E-state index is 12.5. The lowest BCUT2D eigenvalue weighted by molar-refractivity contribution is 0.151. The lowest BCUT2D eigenvalue weighted by atomic mass is 10.1. The van der Waals surface area contributed by atoms with Crippen molar-refractivity contribution in [1.82, 2.24) is 5.32 Å². The second kappa shape index (κ2) is 8.16. The first kappa shape index (κ1) is 15.1. The van der Waals surface area contributed by atoms with Gasteiger partial charge < -0.3 is 10.4 Å². The molecule has 0 bridgehead atoms. The van der Waals surface area contributed by atoms with Crippen LogP contribution in [0, 0.1) is 5.92 Å². The van der Waals surface area contributed by atoms with Crippen LogP contribution in [0.5, 0.6) is 0 Å². The monoisotopic (exact) mass is 257 g/mol. The lowest BCUT2D eigenvalue weighted by Crippen LogP contribution is -2.16. The molecule has 1 aromatic carbocycles. The Morgan fingerprint density at radius 3 is 2.78 bits per heavy atom. The number of alkyl halides is 2. The molecule has 4 heteroatoms. The third kappa shape index (κ3) is 5.56.